The van der Waals surface area contributed by atoms with Crippen molar-refractivity contribution >= 4 is 28.4 Å². The molecule has 8 heteroatoms. The van der Waals surface area contributed by atoms with E-state index in [4.69, 9.17) is 0 Å². The highest BCUT2D eigenvalue weighted by Gasteiger charge is 2.18. The third kappa shape index (κ3) is 4.34. The van der Waals surface area contributed by atoms with E-state index in [0.29, 0.717) is 22.3 Å². The van der Waals surface area contributed by atoms with E-state index in [-0.39, 0.29) is 23.5 Å². The predicted octanol–water partition coefficient (Wildman–Crippen LogP) is 3.56. The van der Waals surface area contributed by atoms with E-state index in [1.54, 1.807) is 36.4 Å². The van der Waals surface area contributed by atoms with Crippen LogP contribution in [0, 0.1) is 5.82 Å². The van der Waals surface area contributed by atoms with Crippen molar-refractivity contribution in [2.75, 3.05) is 5.32 Å². The summed E-state index contributed by atoms with van der Waals surface area (Å²) in [6, 6.07) is 18.7. The first-order valence-corrected chi connectivity index (χ1v) is 9.70. The maximum absolute atomic E-state index is 13.0. The number of benzene rings is 3. The molecule has 4 N–H and O–H groups in total. The van der Waals surface area contributed by atoms with Gasteiger partial charge in [0.15, 0.2) is 11.4 Å². The van der Waals surface area contributed by atoms with Crippen molar-refractivity contribution in [1.29, 1.82) is 0 Å². The zero-order chi connectivity index (χ0) is 22.7. The molecule has 0 aliphatic rings. The van der Waals surface area contributed by atoms with Gasteiger partial charge in [-0.25, -0.2) is 4.39 Å². The average Bonchev–Trinajstić information content (AvgIpc) is 2.81. The van der Waals surface area contributed by atoms with Gasteiger partial charge in [0.25, 0.3) is 11.8 Å². The molecular formula is C24H18FN3O4. The quantitative estimate of drug-likeness (QED) is 0.387. The molecule has 160 valence electrons. The molecule has 0 bridgehead atoms. The molecule has 1 heterocycles. The molecule has 0 saturated heterocycles. The van der Waals surface area contributed by atoms with Gasteiger partial charge in [-0.2, -0.15) is 0 Å². The van der Waals surface area contributed by atoms with Gasteiger partial charge in [-0.05, 0) is 48.0 Å². The maximum Gasteiger partial charge on any atom is 0.271 e. The Kier molecular flexibility index (Phi) is 5.67. The summed E-state index contributed by atoms with van der Waals surface area (Å²) in [4.78, 5) is 40.3. The molecule has 0 unspecified atom stereocenters. The number of rotatable bonds is 5. The Labute approximate surface area is 181 Å². The number of hydrogen-bond acceptors (Lipinski definition) is 4. The van der Waals surface area contributed by atoms with E-state index in [0.717, 1.165) is 0 Å². The first-order chi connectivity index (χ1) is 15.4. The lowest BCUT2D eigenvalue weighted by Gasteiger charge is -2.10. The number of aromatic amines is 1. The van der Waals surface area contributed by atoms with Crippen LogP contribution in [0.15, 0.2) is 77.6 Å². The summed E-state index contributed by atoms with van der Waals surface area (Å²) in [6.45, 7) is 0.0864. The van der Waals surface area contributed by atoms with Crippen molar-refractivity contribution in [2.24, 2.45) is 0 Å². The SMILES string of the molecule is O=C(Nc1ccc2[nH]c(C(=O)NCc3ccc(F)cc3)c(O)c(=O)c2c1)c1ccccc1. The van der Waals surface area contributed by atoms with Crippen LogP contribution in [0.3, 0.4) is 0 Å². The molecule has 7 nitrogen and oxygen atoms in total. The number of fused-ring (bicyclic) bond motifs is 1. The molecule has 0 aliphatic heterocycles. The Balaban J connectivity index is 1.57. The number of aromatic nitrogens is 1. The topological polar surface area (TPSA) is 111 Å². The van der Waals surface area contributed by atoms with Crippen LogP contribution in [0.2, 0.25) is 0 Å². The molecule has 4 rings (SSSR count). The molecule has 0 aliphatic carbocycles. The van der Waals surface area contributed by atoms with Crippen molar-refractivity contribution in [1.82, 2.24) is 10.3 Å². The van der Waals surface area contributed by atoms with E-state index in [2.05, 4.69) is 15.6 Å². The normalized spacial score (nSPS) is 10.7. The van der Waals surface area contributed by atoms with Gasteiger partial charge in [-0.3, -0.25) is 14.4 Å². The highest BCUT2D eigenvalue weighted by molar-refractivity contribution is 6.05. The van der Waals surface area contributed by atoms with Crippen molar-refractivity contribution < 1.29 is 19.1 Å². The Morgan fingerprint density at radius 3 is 2.38 bits per heavy atom. The van der Waals surface area contributed by atoms with Crippen LogP contribution in [-0.4, -0.2) is 21.9 Å². The summed E-state index contributed by atoms with van der Waals surface area (Å²) < 4.78 is 13.0. The van der Waals surface area contributed by atoms with Crippen LogP contribution in [0.25, 0.3) is 10.9 Å². The lowest BCUT2D eigenvalue weighted by Crippen LogP contribution is -2.25. The van der Waals surface area contributed by atoms with Crippen LogP contribution in [0.5, 0.6) is 5.75 Å². The van der Waals surface area contributed by atoms with E-state index in [1.807, 2.05) is 0 Å². The van der Waals surface area contributed by atoms with E-state index < -0.39 is 22.9 Å². The van der Waals surface area contributed by atoms with Crippen molar-refractivity contribution in [3.63, 3.8) is 0 Å². The van der Waals surface area contributed by atoms with E-state index >= 15 is 0 Å². The number of aromatic hydroxyl groups is 1. The summed E-state index contributed by atoms with van der Waals surface area (Å²) in [7, 11) is 0. The Morgan fingerprint density at radius 1 is 0.938 bits per heavy atom. The summed E-state index contributed by atoms with van der Waals surface area (Å²) in [5.74, 6) is -2.16. The number of pyridine rings is 1. The molecule has 4 aromatic rings. The Bertz CT molecular complexity index is 1370. The summed E-state index contributed by atoms with van der Waals surface area (Å²) in [6.07, 6.45) is 0. The zero-order valence-corrected chi connectivity index (χ0v) is 16.7. The molecule has 1 aromatic heterocycles. The van der Waals surface area contributed by atoms with E-state index in [1.165, 1.54) is 36.4 Å². The number of anilines is 1. The standard InChI is InChI=1S/C24H18FN3O4/c25-16-8-6-14(7-9-16)13-26-24(32)20-22(30)21(29)18-12-17(10-11-19(18)28-20)27-23(31)15-4-2-1-3-5-15/h1-12,30H,13H2,(H,26,32)(H,27,31)(H,28,29). The third-order valence-corrected chi connectivity index (χ3v) is 4.86. The molecule has 3 aromatic carbocycles. The van der Waals surface area contributed by atoms with Gasteiger partial charge in [0.2, 0.25) is 5.43 Å². The average molecular weight is 431 g/mol. The second kappa shape index (κ2) is 8.73. The fourth-order valence-corrected chi connectivity index (χ4v) is 3.18. The van der Waals surface area contributed by atoms with E-state index in [9.17, 15) is 23.9 Å². The molecule has 2 amide bonds. The van der Waals surface area contributed by atoms with Gasteiger partial charge in [0.1, 0.15) is 5.82 Å². The first kappa shape index (κ1) is 20.8. The van der Waals surface area contributed by atoms with Crippen LogP contribution in [0.1, 0.15) is 26.4 Å². The number of carbonyl (C=O) groups excluding carboxylic acids is 2. The number of amides is 2. The molecule has 0 spiro atoms. The molecule has 32 heavy (non-hydrogen) atoms. The fourth-order valence-electron chi connectivity index (χ4n) is 3.18. The number of hydrogen-bond donors (Lipinski definition) is 4. The fraction of sp³-hybridized carbons (Fsp3) is 0.0417. The molecular weight excluding hydrogens is 413 g/mol. The maximum atomic E-state index is 13.0. The monoisotopic (exact) mass is 431 g/mol. The molecule has 0 radical (unpaired) electrons. The lowest BCUT2D eigenvalue weighted by molar-refractivity contribution is 0.0942. The highest BCUT2D eigenvalue weighted by atomic mass is 19.1. The van der Waals surface area contributed by atoms with Crippen LogP contribution >= 0.6 is 0 Å². The van der Waals surface area contributed by atoms with Crippen molar-refractivity contribution in [3.05, 3.63) is 106 Å². The second-order valence-corrected chi connectivity index (χ2v) is 7.07. The summed E-state index contributed by atoms with van der Waals surface area (Å²) in [5, 5.41) is 15.7. The number of halogens is 1. The lowest BCUT2D eigenvalue weighted by atomic mass is 10.1. The van der Waals surface area contributed by atoms with Gasteiger partial charge in [0.05, 0.1) is 10.9 Å². The van der Waals surface area contributed by atoms with Gasteiger partial charge in [-0.15, -0.1) is 0 Å². The number of carbonyl (C=O) groups is 2. The van der Waals surface area contributed by atoms with Crippen LogP contribution in [0.4, 0.5) is 10.1 Å². The van der Waals surface area contributed by atoms with Crippen molar-refractivity contribution in [3.8, 4) is 5.75 Å². The summed E-state index contributed by atoms with van der Waals surface area (Å²) >= 11 is 0. The minimum absolute atomic E-state index is 0.0864. The smallest absolute Gasteiger partial charge is 0.271 e. The van der Waals surface area contributed by atoms with Gasteiger partial charge in [-0.1, -0.05) is 30.3 Å². The Hall–Kier alpha value is -4.46. The first-order valence-electron chi connectivity index (χ1n) is 9.70. The molecule has 0 fully saturated rings. The van der Waals surface area contributed by atoms with Gasteiger partial charge < -0.3 is 20.7 Å². The number of H-pyrrole nitrogens is 1. The highest BCUT2D eigenvalue weighted by Crippen LogP contribution is 2.20. The molecule has 0 atom stereocenters. The zero-order valence-electron chi connectivity index (χ0n) is 16.7. The third-order valence-electron chi connectivity index (χ3n) is 4.86. The van der Waals surface area contributed by atoms with Gasteiger partial charge >= 0.3 is 0 Å². The molecule has 0 saturated carbocycles. The minimum Gasteiger partial charge on any atom is -0.503 e. The van der Waals surface area contributed by atoms with Crippen LogP contribution < -0.4 is 16.1 Å². The predicted molar refractivity (Wildman–Crippen MR) is 118 cm³/mol. The minimum atomic E-state index is -0.749. The summed E-state index contributed by atoms with van der Waals surface area (Å²) in [5.41, 5.74) is 0.757. The second-order valence-electron chi connectivity index (χ2n) is 7.07. The number of nitrogens with one attached hydrogen (secondary N) is 3. The Morgan fingerprint density at radius 2 is 1.66 bits per heavy atom. The largest absolute Gasteiger partial charge is 0.503 e. The van der Waals surface area contributed by atoms with Gasteiger partial charge in [0, 0.05) is 17.8 Å². The van der Waals surface area contributed by atoms with Crippen molar-refractivity contribution in [2.45, 2.75) is 6.54 Å². The van der Waals surface area contributed by atoms with Crippen LogP contribution in [-0.2, 0) is 6.54 Å².